The van der Waals surface area contributed by atoms with Gasteiger partial charge in [-0.1, -0.05) is 108 Å². The Bertz CT molecular complexity index is 506. The van der Waals surface area contributed by atoms with Gasteiger partial charge in [0.25, 0.3) is 0 Å². The molecule has 0 fully saturated rings. The molecule has 3 heteroatoms. The van der Waals surface area contributed by atoms with Gasteiger partial charge in [0.05, 0.1) is 6.54 Å². The summed E-state index contributed by atoms with van der Waals surface area (Å²) in [5.74, 6) is 0. The van der Waals surface area contributed by atoms with Crippen molar-refractivity contribution in [1.29, 1.82) is 0 Å². The molecule has 0 aromatic carbocycles. The zero-order chi connectivity index (χ0) is 18.3. The average molecular weight is 393 g/mol. The molecule has 2 nitrogen and oxygen atoms in total. The largest absolute Gasteiger partial charge is 1.00 e. The van der Waals surface area contributed by atoms with Crippen molar-refractivity contribution in [2.45, 2.75) is 103 Å². The number of aromatic amines is 1. The van der Waals surface area contributed by atoms with Crippen molar-refractivity contribution >= 4 is 0 Å². The minimum atomic E-state index is 0. The highest BCUT2D eigenvalue weighted by Crippen LogP contribution is 2.34. The predicted molar refractivity (Wildman–Crippen MR) is 112 cm³/mol. The standard InChI is InChI=1S/C24H40N2.ClH/c1-2-3-4-5-6-7-8-9-10-11-12-14-17-24(18-15-13-16-19-24)22-26-21-20-25-23-26;/h13,15-16,18,20-21,23H,2-12,14,17,19,22H2,1H3;1H. The maximum Gasteiger partial charge on any atom is 0.241 e. The summed E-state index contributed by atoms with van der Waals surface area (Å²) in [5.41, 5.74) is 0.320. The topological polar surface area (TPSA) is 19.7 Å². The third-order valence-corrected chi connectivity index (χ3v) is 5.85. The predicted octanol–water partition coefficient (Wildman–Crippen LogP) is 3.90. The Balaban J connectivity index is 0.00000364. The number of aromatic nitrogens is 2. The molecule has 0 amide bonds. The molecule has 1 unspecified atom stereocenters. The maximum atomic E-state index is 3.17. The molecular weight excluding hydrogens is 352 g/mol. The van der Waals surface area contributed by atoms with Crippen LogP contribution in [0.1, 0.15) is 96.8 Å². The lowest BCUT2D eigenvalue weighted by Gasteiger charge is -2.29. The van der Waals surface area contributed by atoms with Crippen molar-refractivity contribution in [3.8, 4) is 0 Å². The van der Waals surface area contributed by atoms with Gasteiger partial charge in [-0.05, 0) is 12.8 Å². The highest BCUT2D eigenvalue weighted by atomic mass is 35.5. The minimum Gasteiger partial charge on any atom is -1.00 e. The van der Waals surface area contributed by atoms with Gasteiger partial charge in [-0.15, -0.1) is 0 Å². The normalized spacial score (nSPS) is 18.6. The molecule has 1 aliphatic carbocycles. The summed E-state index contributed by atoms with van der Waals surface area (Å²) in [7, 11) is 0. The molecule has 1 heterocycles. The first-order valence-corrected chi connectivity index (χ1v) is 11.2. The highest BCUT2D eigenvalue weighted by Gasteiger charge is 2.29. The second kappa shape index (κ2) is 15.0. The van der Waals surface area contributed by atoms with Crippen LogP contribution in [0, 0.1) is 5.41 Å². The van der Waals surface area contributed by atoms with Gasteiger partial charge in [-0.2, -0.15) is 0 Å². The molecule has 0 radical (unpaired) electrons. The van der Waals surface area contributed by atoms with E-state index in [1.165, 1.54) is 89.9 Å². The monoisotopic (exact) mass is 392 g/mol. The van der Waals surface area contributed by atoms with Crippen LogP contribution in [0.15, 0.2) is 43.0 Å². The fraction of sp³-hybridized carbons (Fsp3) is 0.708. The number of nitrogens with one attached hydrogen (secondary N) is 1. The van der Waals surface area contributed by atoms with Gasteiger partial charge in [0.1, 0.15) is 12.4 Å². The van der Waals surface area contributed by atoms with Crippen LogP contribution in [-0.4, -0.2) is 4.98 Å². The second-order valence-electron chi connectivity index (χ2n) is 8.28. The zero-order valence-corrected chi connectivity index (χ0v) is 18.2. The molecule has 1 aromatic rings. The van der Waals surface area contributed by atoms with E-state index < -0.39 is 0 Å². The van der Waals surface area contributed by atoms with Gasteiger partial charge in [0.15, 0.2) is 0 Å². The lowest BCUT2D eigenvalue weighted by Crippen LogP contribution is -3.00. The molecule has 0 spiro atoms. The van der Waals surface area contributed by atoms with E-state index in [4.69, 9.17) is 0 Å². The van der Waals surface area contributed by atoms with Crippen LogP contribution in [0.3, 0.4) is 0 Å². The third-order valence-electron chi connectivity index (χ3n) is 5.85. The Labute approximate surface area is 174 Å². The quantitative estimate of drug-likeness (QED) is 0.345. The molecule has 0 saturated heterocycles. The number of rotatable bonds is 15. The smallest absolute Gasteiger partial charge is 0.241 e. The first-order chi connectivity index (χ1) is 12.8. The van der Waals surface area contributed by atoms with E-state index in [0.717, 1.165) is 6.54 Å². The van der Waals surface area contributed by atoms with Gasteiger partial charge in [-0.25, -0.2) is 4.57 Å². The number of allylic oxidation sites excluding steroid dienone is 4. The average Bonchev–Trinajstić information content (AvgIpc) is 3.16. The lowest BCUT2D eigenvalue weighted by molar-refractivity contribution is -0.706. The van der Waals surface area contributed by atoms with E-state index in [2.05, 4.69) is 53.3 Å². The van der Waals surface area contributed by atoms with Crippen LogP contribution in [0.25, 0.3) is 0 Å². The summed E-state index contributed by atoms with van der Waals surface area (Å²) in [4.78, 5) is 3.17. The second-order valence-corrected chi connectivity index (χ2v) is 8.28. The Morgan fingerprint density at radius 2 is 1.48 bits per heavy atom. The molecule has 154 valence electrons. The number of H-pyrrole nitrogens is 1. The van der Waals surface area contributed by atoms with Crippen molar-refractivity contribution in [3.05, 3.63) is 43.0 Å². The van der Waals surface area contributed by atoms with Crippen molar-refractivity contribution < 1.29 is 17.0 Å². The van der Waals surface area contributed by atoms with Crippen LogP contribution in [-0.2, 0) is 6.54 Å². The summed E-state index contributed by atoms with van der Waals surface area (Å²) in [6, 6.07) is 0. The van der Waals surface area contributed by atoms with E-state index in [1.807, 2.05) is 6.20 Å². The van der Waals surface area contributed by atoms with Gasteiger partial charge in [-0.3, -0.25) is 4.98 Å². The summed E-state index contributed by atoms with van der Waals surface area (Å²) in [6.07, 6.45) is 35.1. The fourth-order valence-corrected chi connectivity index (χ4v) is 4.19. The van der Waals surface area contributed by atoms with Gasteiger partial charge < -0.3 is 12.4 Å². The number of hydrogen-bond donors (Lipinski definition) is 1. The van der Waals surface area contributed by atoms with Crippen molar-refractivity contribution in [3.63, 3.8) is 0 Å². The van der Waals surface area contributed by atoms with E-state index in [1.54, 1.807) is 0 Å². The molecular formula is C24H41ClN2. The van der Waals surface area contributed by atoms with Crippen LogP contribution in [0.4, 0.5) is 0 Å². The van der Waals surface area contributed by atoms with Crippen LogP contribution in [0.5, 0.6) is 0 Å². The van der Waals surface area contributed by atoms with Crippen molar-refractivity contribution in [2.24, 2.45) is 5.41 Å². The van der Waals surface area contributed by atoms with Crippen LogP contribution in [0.2, 0.25) is 0 Å². The third kappa shape index (κ3) is 10.2. The number of unbranched alkanes of at least 4 members (excludes halogenated alkanes) is 11. The van der Waals surface area contributed by atoms with E-state index >= 15 is 0 Å². The molecule has 0 bridgehead atoms. The highest BCUT2D eigenvalue weighted by molar-refractivity contribution is 5.15. The number of nitrogens with zero attached hydrogens (tertiary/aromatic N) is 1. The molecule has 2 rings (SSSR count). The molecule has 27 heavy (non-hydrogen) atoms. The van der Waals surface area contributed by atoms with Gasteiger partial charge in [0, 0.05) is 5.41 Å². The molecule has 1 aliphatic rings. The Kier molecular flexibility index (Phi) is 13.3. The number of hydrogen-bond acceptors (Lipinski definition) is 0. The number of imidazole rings is 1. The SMILES string of the molecule is CCCCCCCCCCCCCCC1(C[n+]2cc[nH]c2)C=CC=CC1.[Cl-]. The first-order valence-electron chi connectivity index (χ1n) is 11.2. The fourth-order valence-electron chi connectivity index (χ4n) is 4.19. The first kappa shape index (κ1) is 24.0. The summed E-state index contributed by atoms with van der Waals surface area (Å²) >= 11 is 0. The van der Waals surface area contributed by atoms with Crippen molar-refractivity contribution in [2.75, 3.05) is 0 Å². The van der Waals surface area contributed by atoms with Crippen molar-refractivity contribution in [1.82, 2.24) is 4.98 Å². The van der Waals surface area contributed by atoms with E-state index in [9.17, 15) is 0 Å². The van der Waals surface area contributed by atoms with Crippen LogP contribution >= 0.6 is 0 Å². The summed E-state index contributed by atoms with van der Waals surface area (Å²) < 4.78 is 2.30. The Morgan fingerprint density at radius 3 is 2.00 bits per heavy atom. The maximum absolute atomic E-state index is 3.17. The van der Waals surface area contributed by atoms with E-state index in [0.29, 0.717) is 5.41 Å². The lowest BCUT2D eigenvalue weighted by atomic mass is 9.77. The van der Waals surface area contributed by atoms with Gasteiger partial charge in [0.2, 0.25) is 6.33 Å². The van der Waals surface area contributed by atoms with Gasteiger partial charge >= 0.3 is 0 Å². The molecule has 0 saturated carbocycles. The minimum absolute atomic E-state index is 0. The molecule has 1 atom stereocenters. The van der Waals surface area contributed by atoms with Crippen LogP contribution < -0.4 is 17.0 Å². The van der Waals surface area contributed by atoms with E-state index in [-0.39, 0.29) is 12.4 Å². The number of halogens is 1. The molecule has 0 aliphatic heterocycles. The zero-order valence-electron chi connectivity index (χ0n) is 17.5. The Morgan fingerprint density at radius 1 is 0.852 bits per heavy atom. The summed E-state index contributed by atoms with van der Waals surface area (Å²) in [6.45, 7) is 3.39. The molecule has 1 N–H and O–H groups in total. The molecule has 1 aromatic heterocycles. The summed E-state index contributed by atoms with van der Waals surface area (Å²) in [5, 5.41) is 0. The Hall–Kier alpha value is -1.02.